The number of nitrogens with zero attached hydrogens (tertiary/aromatic N) is 1. The number of hydrogen-bond acceptors (Lipinski definition) is 4. The lowest BCUT2D eigenvalue weighted by molar-refractivity contribution is -0.143. The quantitative estimate of drug-likeness (QED) is 0.813. The van der Waals surface area contributed by atoms with Gasteiger partial charge in [-0.05, 0) is 32.0 Å². The number of nitriles is 1. The van der Waals surface area contributed by atoms with Crippen LogP contribution in [0.5, 0.6) is 0 Å². The van der Waals surface area contributed by atoms with Gasteiger partial charge in [0.1, 0.15) is 11.9 Å². The van der Waals surface area contributed by atoms with Gasteiger partial charge >= 0.3 is 5.97 Å². The Bertz CT molecular complexity index is 454. The minimum absolute atomic E-state index is 0.171. The predicted octanol–water partition coefficient (Wildman–Crippen LogP) is 2.06. The van der Waals surface area contributed by atoms with Crippen molar-refractivity contribution in [3.8, 4) is 6.07 Å². The van der Waals surface area contributed by atoms with E-state index in [4.69, 9.17) is 10.00 Å². The average molecular weight is 236 g/mol. The van der Waals surface area contributed by atoms with E-state index in [0.29, 0.717) is 0 Å². The zero-order chi connectivity index (χ0) is 12.8. The van der Waals surface area contributed by atoms with Crippen molar-refractivity contribution in [1.29, 1.82) is 5.26 Å². The van der Waals surface area contributed by atoms with Crippen LogP contribution in [0, 0.1) is 17.1 Å². The molecule has 1 atom stereocenters. The molecule has 1 rings (SSSR count). The summed E-state index contributed by atoms with van der Waals surface area (Å²) in [6.45, 7) is 3.56. The molecule has 0 amide bonds. The SMILES string of the molecule is CCOC(=O)C(C)Nc1ccc(C#N)cc1F. The van der Waals surface area contributed by atoms with Crippen molar-refractivity contribution in [2.24, 2.45) is 0 Å². The molecule has 0 aromatic heterocycles. The van der Waals surface area contributed by atoms with E-state index in [-0.39, 0.29) is 17.9 Å². The number of carbonyl (C=O) groups is 1. The minimum Gasteiger partial charge on any atom is -0.464 e. The summed E-state index contributed by atoms with van der Waals surface area (Å²) in [6, 6.07) is 5.20. The van der Waals surface area contributed by atoms with Crippen molar-refractivity contribution in [3.63, 3.8) is 0 Å². The lowest BCUT2D eigenvalue weighted by Gasteiger charge is -2.14. The van der Waals surface area contributed by atoms with Crippen LogP contribution in [0.1, 0.15) is 19.4 Å². The molecule has 1 unspecified atom stereocenters. The Balaban J connectivity index is 2.75. The molecule has 0 aliphatic carbocycles. The van der Waals surface area contributed by atoms with Crippen LogP contribution in [-0.2, 0) is 9.53 Å². The number of benzene rings is 1. The number of halogens is 1. The van der Waals surface area contributed by atoms with Crippen molar-refractivity contribution in [2.45, 2.75) is 19.9 Å². The van der Waals surface area contributed by atoms with Crippen LogP contribution in [0.25, 0.3) is 0 Å². The van der Waals surface area contributed by atoms with Gasteiger partial charge in [0.05, 0.1) is 23.9 Å². The van der Waals surface area contributed by atoms with E-state index in [1.807, 2.05) is 6.07 Å². The van der Waals surface area contributed by atoms with Gasteiger partial charge in [0.25, 0.3) is 0 Å². The second-order valence-electron chi connectivity index (χ2n) is 3.42. The summed E-state index contributed by atoms with van der Waals surface area (Å²) in [5, 5.41) is 11.3. The minimum atomic E-state index is -0.641. The summed E-state index contributed by atoms with van der Waals surface area (Å²) in [6.07, 6.45) is 0. The molecule has 0 radical (unpaired) electrons. The maximum atomic E-state index is 13.5. The molecule has 17 heavy (non-hydrogen) atoms. The van der Waals surface area contributed by atoms with Gasteiger partial charge in [0, 0.05) is 0 Å². The summed E-state index contributed by atoms with van der Waals surface area (Å²) in [7, 11) is 0. The lowest BCUT2D eigenvalue weighted by atomic mass is 10.2. The van der Waals surface area contributed by atoms with Crippen LogP contribution >= 0.6 is 0 Å². The maximum Gasteiger partial charge on any atom is 0.328 e. The normalized spacial score (nSPS) is 11.4. The Labute approximate surface area is 99.0 Å². The average Bonchev–Trinajstić information content (AvgIpc) is 2.31. The first kappa shape index (κ1) is 13.0. The highest BCUT2D eigenvalue weighted by Gasteiger charge is 2.15. The Hall–Kier alpha value is -2.09. The van der Waals surface area contributed by atoms with Gasteiger partial charge in [-0.3, -0.25) is 0 Å². The number of ether oxygens (including phenoxy) is 1. The van der Waals surface area contributed by atoms with E-state index in [1.165, 1.54) is 12.1 Å². The molecule has 1 N–H and O–H groups in total. The Morgan fingerprint density at radius 2 is 2.35 bits per heavy atom. The molecule has 0 fully saturated rings. The second kappa shape index (κ2) is 5.85. The zero-order valence-electron chi connectivity index (χ0n) is 9.66. The fourth-order valence-corrected chi connectivity index (χ4v) is 1.26. The van der Waals surface area contributed by atoms with Gasteiger partial charge in [-0.15, -0.1) is 0 Å². The van der Waals surface area contributed by atoms with Crippen molar-refractivity contribution >= 4 is 11.7 Å². The fourth-order valence-electron chi connectivity index (χ4n) is 1.26. The maximum absolute atomic E-state index is 13.5. The zero-order valence-corrected chi connectivity index (χ0v) is 9.66. The molecular formula is C12H13FN2O2. The van der Waals surface area contributed by atoms with Crippen LogP contribution in [-0.4, -0.2) is 18.6 Å². The smallest absolute Gasteiger partial charge is 0.328 e. The standard InChI is InChI=1S/C12H13FN2O2/c1-3-17-12(16)8(2)15-11-5-4-9(7-14)6-10(11)13/h4-6,8,15H,3H2,1-2H3. The van der Waals surface area contributed by atoms with Gasteiger partial charge in [-0.2, -0.15) is 5.26 Å². The Kier molecular flexibility index (Phi) is 4.46. The van der Waals surface area contributed by atoms with Gasteiger partial charge in [0.2, 0.25) is 0 Å². The molecule has 0 saturated heterocycles. The largest absolute Gasteiger partial charge is 0.464 e. The summed E-state index contributed by atoms with van der Waals surface area (Å²) in [5.74, 6) is -1.02. The van der Waals surface area contributed by atoms with Crippen molar-refractivity contribution in [3.05, 3.63) is 29.6 Å². The molecule has 1 aromatic rings. The molecule has 0 saturated carbocycles. The monoisotopic (exact) mass is 236 g/mol. The molecule has 0 heterocycles. The van der Waals surface area contributed by atoms with E-state index >= 15 is 0 Å². The molecule has 0 bridgehead atoms. The first-order valence-corrected chi connectivity index (χ1v) is 5.21. The topological polar surface area (TPSA) is 62.1 Å². The van der Waals surface area contributed by atoms with E-state index in [2.05, 4.69) is 5.32 Å². The van der Waals surface area contributed by atoms with Gasteiger partial charge < -0.3 is 10.1 Å². The second-order valence-corrected chi connectivity index (χ2v) is 3.42. The van der Waals surface area contributed by atoms with Crippen LogP contribution in [0.3, 0.4) is 0 Å². The number of carbonyl (C=O) groups excluding carboxylic acids is 1. The van der Waals surface area contributed by atoms with E-state index < -0.39 is 17.8 Å². The highest BCUT2D eigenvalue weighted by molar-refractivity contribution is 5.78. The van der Waals surface area contributed by atoms with Crippen molar-refractivity contribution < 1.29 is 13.9 Å². The molecule has 0 aliphatic rings. The highest BCUT2D eigenvalue weighted by atomic mass is 19.1. The lowest BCUT2D eigenvalue weighted by Crippen LogP contribution is -2.28. The number of nitrogens with one attached hydrogen (secondary N) is 1. The third-order valence-corrected chi connectivity index (χ3v) is 2.11. The number of rotatable bonds is 4. The van der Waals surface area contributed by atoms with E-state index in [9.17, 15) is 9.18 Å². The number of esters is 1. The molecule has 0 spiro atoms. The van der Waals surface area contributed by atoms with Gasteiger partial charge in [-0.1, -0.05) is 0 Å². The van der Waals surface area contributed by atoms with Crippen LogP contribution in [0.4, 0.5) is 10.1 Å². The van der Waals surface area contributed by atoms with E-state index in [0.717, 1.165) is 6.07 Å². The molecule has 0 aliphatic heterocycles. The first-order valence-electron chi connectivity index (χ1n) is 5.21. The third-order valence-electron chi connectivity index (χ3n) is 2.11. The third kappa shape index (κ3) is 3.45. The first-order chi connectivity index (χ1) is 8.08. The number of anilines is 1. The predicted molar refractivity (Wildman–Crippen MR) is 60.8 cm³/mol. The van der Waals surface area contributed by atoms with Crippen LogP contribution in [0.15, 0.2) is 18.2 Å². The summed E-state index contributed by atoms with van der Waals surface area (Å²) in [5.41, 5.74) is 0.404. The molecule has 4 nitrogen and oxygen atoms in total. The molecule has 5 heteroatoms. The van der Waals surface area contributed by atoms with Crippen molar-refractivity contribution in [1.82, 2.24) is 0 Å². The summed E-state index contributed by atoms with van der Waals surface area (Å²) >= 11 is 0. The Morgan fingerprint density at radius 3 is 2.88 bits per heavy atom. The molecule has 1 aromatic carbocycles. The number of hydrogen-bond donors (Lipinski definition) is 1. The fraction of sp³-hybridized carbons (Fsp3) is 0.333. The Morgan fingerprint density at radius 1 is 1.65 bits per heavy atom. The summed E-state index contributed by atoms with van der Waals surface area (Å²) < 4.78 is 18.3. The van der Waals surface area contributed by atoms with Crippen LogP contribution < -0.4 is 5.32 Å². The highest BCUT2D eigenvalue weighted by Crippen LogP contribution is 2.16. The molecular weight excluding hydrogens is 223 g/mol. The van der Waals surface area contributed by atoms with Gasteiger partial charge in [-0.25, -0.2) is 9.18 Å². The van der Waals surface area contributed by atoms with Crippen LogP contribution in [0.2, 0.25) is 0 Å². The van der Waals surface area contributed by atoms with Gasteiger partial charge in [0.15, 0.2) is 0 Å². The van der Waals surface area contributed by atoms with E-state index in [1.54, 1.807) is 13.8 Å². The summed E-state index contributed by atoms with van der Waals surface area (Å²) in [4.78, 5) is 11.3. The van der Waals surface area contributed by atoms with Crippen molar-refractivity contribution in [2.75, 3.05) is 11.9 Å². The molecule has 90 valence electrons.